The average Bonchev–Trinajstić information content (AvgIpc) is 2.95. The maximum absolute atomic E-state index is 13.9. The molecule has 2 saturated heterocycles. The lowest BCUT2D eigenvalue weighted by Crippen LogP contribution is -2.76. The fourth-order valence-electron chi connectivity index (χ4n) is 5.44. The number of hydrogen-bond donors (Lipinski definition) is 2. The molecule has 0 aromatic heterocycles. The predicted octanol–water partition coefficient (Wildman–Crippen LogP) is 3.06. The lowest BCUT2D eigenvalue weighted by molar-refractivity contribution is -0.186. The Morgan fingerprint density at radius 2 is 1.59 bits per heavy atom. The van der Waals surface area contributed by atoms with E-state index in [0.29, 0.717) is 13.0 Å². The highest BCUT2D eigenvalue weighted by Crippen LogP contribution is 2.28. The van der Waals surface area contributed by atoms with Gasteiger partial charge in [-0.2, -0.15) is 0 Å². The summed E-state index contributed by atoms with van der Waals surface area (Å²) < 4.78 is 13.3. The Balaban J connectivity index is 1.41. The van der Waals surface area contributed by atoms with Crippen molar-refractivity contribution in [3.05, 3.63) is 101 Å². The summed E-state index contributed by atoms with van der Waals surface area (Å²) in [6.45, 7) is 2.73. The van der Waals surface area contributed by atoms with Crippen molar-refractivity contribution in [2.45, 2.75) is 38.5 Å². The number of fused-ring (bicyclic) bond motifs is 1. The molecule has 2 N–H and O–H groups in total. The number of phenolic OH excluding ortho intramolecular Hbond substituents is 1. The molecule has 3 aromatic rings. The number of likely N-dealkylation sites (N-methyl/N-ethyl adjacent to an activating group) is 1. The number of benzene rings is 3. The van der Waals surface area contributed by atoms with Gasteiger partial charge >= 0.3 is 6.03 Å². The summed E-state index contributed by atoms with van der Waals surface area (Å²) >= 11 is 0. The fraction of sp³-hybridized carbons (Fsp3) is 0.323. The highest BCUT2D eigenvalue weighted by atomic mass is 19.1. The molecule has 41 heavy (non-hydrogen) atoms. The van der Waals surface area contributed by atoms with Gasteiger partial charge in [0.05, 0.1) is 13.1 Å². The maximum atomic E-state index is 13.9. The van der Waals surface area contributed by atoms with Crippen molar-refractivity contribution >= 4 is 17.8 Å². The number of nitrogens with zero attached hydrogens (tertiary/aromatic N) is 4. The Morgan fingerprint density at radius 3 is 2.27 bits per heavy atom. The third-order valence-corrected chi connectivity index (χ3v) is 7.66. The first kappa shape index (κ1) is 28.1. The summed E-state index contributed by atoms with van der Waals surface area (Å²) in [4.78, 5) is 44.1. The van der Waals surface area contributed by atoms with E-state index >= 15 is 0 Å². The van der Waals surface area contributed by atoms with Crippen LogP contribution in [0.25, 0.3) is 0 Å². The molecule has 2 atom stereocenters. The van der Waals surface area contributed by atoms with Gasteiger partial charge in [0.2, 0.25) is 11.8 Å². The van der Waals surface area contributed by atoms with E-state index < -0.39 is 18.2 Å². The zero-order chi connectivity index (χ0) is 29.1. The molecule has 3 aromatic carbocycles. The van der Waals surface area contributed by atoms with Gasteiger partial charge < -0.3 is 20.2 Å². The van der Waals surface area contributed by atoms with Crippen LogP contribution in [0.3, 0.4) is 0 Å². The van der Waals surface area contributed by atoms with Crippen LogP contribution < -0.4 is 5.32 Å². The Morgan fingerprint density at radius 1 is 0.951 bits per heavy atom. The topological polar surface area (TPSA) is 96.4 Å². The van der Waals surface area contributed by atoms with Crippen molar-refractivity contribution in [1.29, 1.82) is 0 Å². The standard InChI is InChI=1S/C31H34FN5O4/c1-21-3-5-22(6-4-21)15-16-35-19-28-36(27(30(35)40)17-23-9-13-26(38)14-10-23)29(39)20-34(2)37(28)31(41)33-18-24-7-11-25(32)12-8-24/h3-14,27-28,38H,15-20H2,1-2H3,(H,33,41)/t27-,28-/m0/s1. The Labute approximate surface area is 238 Å². The molecule has 0 unspecified atom stereocenters. The Kier molecular flexibility index (Phi) is 8.21. The van der Waals surface area contributed by atoms with Crippen molar-refractivity contribution in [2.75, 3.05) is 26.7 Å². The number of carbonyl (C=O) groups excluding carboxylic acids is 3. The molecule has 214 valence electrons. The molecule has 0 aliphatic carbocycles. The molecular formula is C31H34FN5O4. The van der Waals surface area contributed by atoms with Crippen LogP contribution in [0.4, 0.5) is 9.18 Å². The van der Waals surface area contributed by atoms with E-state index in [-0.39, 0.29) is 49.4 Å². The molecule has 2 heterocycles. The molecule has 0 spiro atoms. The van der Waals surface area contributed by atoms with Crippen molar-refractivity contribution < 1.29 is 23.9 Å². The monoisotopic (exact) mass is 559 g/mol. The van der Waals surface area contributed by atoms with E-state index in [4.69, 9.17) is 0 Å². The van der Waals surface area contributed by atoms with E-state index in [0.717, 1.165) is 22.3 Å². The molecule has 2 aliphatic heterocycles. The Hall–Kier alpha value is -4.44. The lowest BCUT2D eigenvalue weighted by Gasteiger charge is -2.54. The van der Waals surface area contributed by atoms with Crippen LogP contribution in [0.15, 0.2) is 72.8 Å². The van der Waals surface area contributed by atoms with E-state index in [1.165, 1.54) is 22.0 Å². The number of aryl methyl sites for hydroxylation is 1. The van der Waals surface area contributed by atoms with Gasteiger partial charge in [0.1, 0.15) is 23.8 Å². The molecule has 4 amide bonds. The first-order chi connectivity index (χ1) is 19.7. The highest BCUT2D eigenvalue weighted by Gasteiger charge is 2.50. The first-order valence-electron chi connectivity index (χ1n) is 13.7. The van der Waals surface area contributed by atoms with Crippen molar-refractivity contribution in [1.82, 2.24) is 25.1 Å². The third kappa shape index (κ3) is 6.33. The minimum atomic E-state index is -0.815. The van der Waals surface area contributed by atoms with E-state index in [2.05, 4.69) is 5.32 Å². The number of phenols is 1. The molecule has 0 bridgehead atoms. The van der Waals surface area contributed by atoms with Crippen LogP contribution in [0, 0.1) is 12.7 Å². The molecule has 9 nitrogen and oxygen atoms in total. The van der Waals surface area contributed by atoms with Gasteiger partial charge in [0.25, 0.3) is 0 Å². The summed E-state index contributed by atoms with van der Waals surface area (Å²) in [5.74, 6) is -0.662. The molecule has 2 aliphatic rings. The van der Waals surface area contributed by atoms with Crippen LogP contribution in [0.1, 0.15) is 22.3 Å². The van der Waals surface area contributed by atoms with Crippen molar-refractivity contribution in [2.24, 2.45) is 0 Å². The van der Waals surface area contributed by atoms with Gasteiger partial charge in [0.15, 0.2) is 0 Å². The normalized spacial score (nSPS) is 19.3. The molecule has 10 heteroatoms. The SMILES string of the molecule is Cc1ccc(CCN2C[C@H]3N(C(=O)CN(C)N3C(=O)NCc3ccc(F)cc3)[C@@H](Cc3ccc(O)cc3)C2=O)cc1. The minimum Gasteiger partial charge on any atom is -0.508 e. The number of halogens is 1. The zero-order valence-corrected chi connectivity index (χ0v) is 23.2. The maximum Gasteiger partial charge on any atom is 0.334 e. The Bertz CT molecular complexity index is 1400. The van der Waals surface area contributed by atoms with E-state index in [1.54, 1.807) is 53.4 Å². The second-order valence-corrected chi connectivity index (χ2v) is 10.6. The van der Waals surface area contributed by atoms with Crippen LogP contribution in [-0.2, 0) is 29.0 Å². The third-order valence-electron chi connectivity index (χ3n) is 7.66. The van der Waals surface area contributed by atoms with Crippen LogP contribution in [-0.4, -0.2) is 81.7 Å². The number of carbonyl (C=O) groups is 3. The second kappa shape index (κ2) is 12.0. The van der Waals surface area contributed by atoms with E-state index in [1.807, 2.05) is 31.2 Å². The van der Waals surface area contributed by atoms with Crippen LogP contribution in [0.2, 0.25) is 0 Å². The molecular weight excluding hydrogens is 525 g/mol. The number of hydrogen-bond acceptors (Lipinski definition) is 5. The lowest BCUT2D eigenvalue weighted by atomic mass is 9.98. The summed E-state index contributed by atoms with van der Waals surface area (Å²) in [5, 5.41) is 15.7. The van der Waals surface area contributed by atoms with Gasteiger partial charge in [0, 0.05) is 26.6 Å². The summed E-state index contributed by atoms with van der Waals surface area (Å²) in [6, 6.07) is 19.4. The minimum absolute atomic E-state index is 0.0663. The van der Waals surface area contributed by atoms with Crippen LogP contribution in [0.5, 0.6) is 5.75 Å². The summed E-state index contributed by atoms with van der Waals surface area (Å²) in [7, 11) is 1.68. The summed E-state index contributed by atoms with van der Waals surface area (Å²) in [6.07, 6.45) is 0.162. The predicted molar refractivity (Wildman–Crippen MR) is 151 cm³/mol. The van der Waals surface area contributed by atoms with Gasteiger partial charge in [-0.3, -0.25) is 9.59 Å². The van der Waals surface area contributed by atoms with Gasteiger partial charge in [-0.15, -0.1) is 0 Å². The largest absolute Gasteiger partial charge is 0.508 e. The number of hydrazine groups is 1. The van der Waals surface area contributed by atoms with E-state index in [9.17, 15) is 23.9 Å². The number of urea groups is 1. The fourth-order valence-corrected chi connectivity index (χ4v) is 5.44. The van der Waals surface area contributed by atoms with Crippen molar-refractivity contribution in [3.63, 3.8) is 0 Å². The number of nitrogens with one attached hydrogen (secondary N) is 1. The average molecular weight is 560 g/mol. The number of aromatic hydroxyl groups is 1. The first-order valence-corrected chi connectivity index (χ1v) is 13.7. The van der Waals surface area contributed by atoms with Gasteiger partial charge in [-0.1, -0.05) is 54.1 Å². The number of amides is 4. The molecule has 0 saturated carbocycles. The molecule has 2 fully saturated rings. The van der Waals surface area contributed by atoms with Gasteiger partial charge in [-0.05, 0) is 54.3 Å². The van der Waals surface area contributed by atoms with Crippen LogP contribution >= 0.6 is 0 Å². The van der Waals surface area contributed by atoms with Gasteiger partial charge in [-0.25, -0.2) is 19.2 Å². The zero-order valence-electron chi connectivity index (χ0n) is 23.2. The summed E-state index contributed by atoms with van der Waals surface area (Å²) in [5.41, 5.74) is 3.76. The molecule has 0 radical (unpaired) electrons. The quantitative estimate of drug-likeness (QED) is 0.464. The number of piperazine rings is 1. The molecule has 5 rings (SSSR count). The number of rotatable bonds is 7. The highest BCUT2D eigenvalue weighted by molar-refractivity contribution is 5.91. The smallest absolute Gasteiger partial charge is 0.334 e. The van der Waals surface area contributed by atoms with Crippen molar-refractivity contribution in [3.8, 4) is 5.75 Å². The second-order valence-electron chi connectivity index (χ2n) is 10.6.